The standard InChI is InChI=1S/C22H27N3.C6H8O7/c1-16-19-10-7-15-23-21(19)24-20(16)17-11-13-22(14-12-17,25(2)3)18-8-5-4-6-9-18;7-3(8)1-6(13,5(11)12)2-4(9)10/h4-10,15,17H,11-14H2,1-3H3,(H,23,24);13H,1-2H2,(H,7,8)(H,9,10)(H,11,12). The first-order chi connectivity index (χ1) is 17.9. The Kier molecular flexibility index (Phi) is 8.90. The number of H-pyrrole nitrogens is 1. The second kappa shape index (κ2) is 11.7. The van der Waals surface area contributed by atoms with Crippen LogP contribution in [0.3, 0.4) is 0 Å². The first-order valence-corrected chi connectivity index (χ1v) is 12.4. The third kappa shape index (κ3) is 6.20. The first-order valence-electron chi connectivity index (χ1n) is 12.4. The van der Waals surface area contributed by atoms with Gasteiger partial charge in [-0.25, -0.2) is 9.78 Å². The van der Waals surface area contributed by atoms with Gasteiger partial charge in [0.25, 0.3) is 0 Å². The van der Waals surface area contributed by atoms with Crippen molar-refractivity contribution in [1.82, 2.24) is 14.9 Å². The molecule has 1 aliphatic rings. The summed E-state index contributed by atoms with van der Waals surface area (Å²) in [5, 5.41) is 35.1. The largest absolute Gasteiger partial charge is 0.481 e. The van der Waals surface area contributed by atoms with Gasteiger partial charge in [-0.05, 0) is 75.9 Å². The molecule has 1 saturated carbocycles. The van der Waals surface area contributed by atoms with Gasteiger partial charge >= 0.3 is 17.9 Å². The molecule has 1 aromatic carbocycles. The molecule has 1 aliphatic carbocycles. The number of pyridine rings is 1. The lowest BCUT2D eigenvalue weighted by Crippen LogP contribution is -2.44. The molecule has 0 saturated heterocycles. The van der Waals surface area contributed by atoms with Crippen molar-refractivity contribution in [2.75, 3.05) is 14.1 Å². The fraction of sp³-hybridized carbons (Fsp3) is 0.429. The summed E-state index contributed by atoms with van der Waals surface area (Å²) >= 11 is 0. The van der Waals surface area contributed by atoms with Crippen molar-refractivity contribution in [3.63, 3.8) is 0 Å². The van der Waals surface area contributed by atoms with Crippen LogP contribution in [0.4, 0.5) is 0 Å². The maximum absolute atomic E-state index is 10.3. The molecule has 5 N–H and O–H groups in total. The van der Waals surface area contributed by atoms with E-state index in [0.717, 1.165) is 5.65 Å². The number of carboxylic acids is 3. The molecular formula is C28H35N3O7. The SMILES string of the molecule is Cc1c(C2CCC(c3ccccc3)(N(C)C)CC2)[nH]c2ncccc12.O=C(O)CC(O)(CC(=O)O)C(=O)O. The van der Waals surface area contributed by atoms with E-state index in [1.54, 1.807) is 0 Å². The zero-order chi connectivity index (χ0) is 28.1. The van der Waals surface area contributed by atoms with Crippen molar-refractivity contribution in [2.24, 2.45) is 0 Å². The van der Waals surface area contributed by atoms with E-state index in [1.807, 2.05) is 12.3 Å². The molecule has 0 amide bonds. The highest BCUT2D eigenvalue weighted by atomic mass is 16.4. The highest BCUT2D eigenvalue weighted by Gasteiger charge is 2.41. The number of hydrogen-bond acceptors (Lipinski definition) is 6. The van der Waals surface area contributed by atoms with Crippen LogP contribution in [0.15, 0.2) is 48.7 Å². The van der Waals surface area contributed by atoms with Gasteiger partial charge in [0.15, 0.2) is 5.60 Å². The van der Waals surface area contributed by atoms with Gasteiger partial charge in [0.1, 0.15) is 5.65 Å². The van der Waals surface area contributed by atoms with Gasteiger partial charge in [-0.15, -0.1) is 0 Å². The number of aromatic nitrogens is 2. The summed E-state index contributed by atoms with van der Waals surface area (Å²) in [6, 6.07) is 15.2. The minimum Gasteiger partial charge on any atom is -0.481 e. The monoisotopic (exact) mass is 525 g/mol. The fourth-order valence-corrected chi connectivity index (χ4v) is 5.42. The van der Waals surface area contributed by atoms with Crippen LogP contribution < -0.4 is 0 Å². The predicted octanol–water partition coefficient (Wildman–Crippen LogP) is 3.74. The molecule has 0 bridgehead atoms. The van der Waals surface area contributed by atoms with Crippen LogP contribution in [-0.2, 0) is 19.9 Å². The van der Waals surface area contributed by atoms with Crippen LogP contribution in [0.1, 0.15) is 61.3 Å². The lowest BCUT2D eigenvalue weighted by molar-refractivity contribution is -0.170. The number of rotatable bonds is 8. The van der Waals surface area contributed by atoms with Gasteiger partial charge in [0, 0.05) is 22.8 Å². The summed E-state index contributed by atoms with van der Waals surface area (Å²) in [6.45, 7) is 2.24. The Balaban J connectivity index is 0.000000263. The number of carbonyl (C=O) groups is 3. The first kappa shape index (κ1) is 28.8. The Bertz CT molecular complexity index is 1260. The average molecular weight is 526 g/mol. The number of fused-ring (bicyclic) bond motifs is 1. The Morgan fingerprint density at radius 2 is 1.58 bits per heavy atom. The molecular weight excluding hydrogens is 490 g/mol. The number of aliphatic carboxylic acids is 3. The van der Waals surface area contributed by atoms with Crippen LogP contribution in [0, 0.1) is 6.92 Å². The quantitative estimate of drug-likeness (QED) is 0.295. The van der Waals surface area contributed by atoms with E-state index in [4.69, 9.17) is 20.4 Å². The molecule has 2 aromatic heterocycles. The van der Waals surface area contributed by atoms with E-state index < -0.39 is 36.4 Å². The molecule has 10 nitrogen and oxygen atoms in total. The Morgan fingerprint density at radius 1 is 1.00 bits per heavy atom. The third-order valence-corrected chi connectivity index (χ3v) is 7.54. The van der Waals surface area contributed by atoms with Crippen LogP contribution in [0.5, 0.6) is 0 Å². The van der Waals surface area contributed by atoms with E-state index in [0.29, 0.717) is 5.92 Å². The number of hydrogen-bond donors (Lipinski definition) is 5. The number of aryl methyl sites for hydroxylation is 1. The van der Waals surface area contributed by atoms with Crippen molar-refractivity contribution < 1.29 is 34.8 Å². The van der Waals surface area contributed by atoms with Crippen molar-refractivity contribution >= 4 is 28.9 Å². The molecule has 1 fully saturated rings. The molecule has 38 heavy (non-hydrogen) atoms. The van der Waals surface area contributed by atoms with Crippen molar-refractivity contribution in [3.8, 4) is 0 Å². The molecule has 0 unspecified atom stereocenters. The van der Waals surface area contributed by atoms with Gasteiger partial charge in [0.2, 0.25) is 0 Å². The van der Waals surface area contributed by atoms with E-state index in [9.17, 15) is 14.4 Å². The van der Waals surface area contributed by atoms with Gasteiger partial charge in [-0.1, -0.05) is 30.3 Å². The molecule has 3 aromatic rings. The van der Waals surface area contributed by atoms with Crippen LogP contribution >= 0.6 is 0 Å². The number of nitrogens with zero attached hydrogens (tertiary/aromatic N) is 2. The number of benzene rings is 1. The molecule has 0 atom stereocenters. The van der Waals surface area contributed by atoms with Gasteiger partial charge < -0.3 is 25.4 Å². The van der Waals surface area contributed by atoms with Crippen LogP contribution in [-0.4, -0.2) is 72.9 Å². The third-order valence-electron chi connectivity index (χ3n) is 7.54. The molecule has 0 radical (unpaired) electrons. The molecule has 0 aliphatic heterocycles. The fourth-order valence-electron chi connectivity index (χ4n) is 5.42. The zero-order valence-corrected chi connectivity index (χ0v) is 21.8. The maximum atomic E-state index is 10.3. The van der Waals surface area contributed by atoms with Crippen LogP contribution in [0.25, 0.3) is 11.0 Å². The smallest absolute Gasteiger partial charge is 0.336 e. The molecule has 10 heteroatoms. The minimum absolute atomic E-state index is 0.163. The summed E-state index contributed by atoms with van der Waals surface area (Å²) in [5.41, 5.74) is 2.68. The Morgan fingerprint density at radius 3 is 2.05 bits per heavy atom. The topological polar surface area (TPSA) is 164 Å². The van der Waals surface area contributed by atoms with Gasteiger partial charge in [-0.3, -0.25) is 14.5 Å². The highest BCUT2D eigenvalue weighted by molar-refractivity contribution is 5.88. The van der Waals surface area contributed by atoms with E-state index in [-0.39, 0.29) is 5.54 Å². The number of carboxylic acid groups (broad SMARTS) is 3. The second-order valence-corrected chi connectivity index (χ2v) is 10.1. The number of nitrogens with one attached hydrogen (secondary N) is 1. The van der Waals surface area contributed by atoms with E-state index in [2.05, 4.69) is 72.3 Å². The summed E-state index contributed by atoms with van der Waals surface area (Å²) in [6.07, 6.45) is 4.38. The Labute approximate surface area is 220 Å². The van der Waals surface area contributed by atoms with E-state index >= 15 is 0 Å². The molecule has 4 rings (SSSR count). The van der Waals surface area contributed by atoms with Crippen molar-refractivity contribution in [3.05, 3.63) is 65.5 Å². The molecule has 204 valence electrons. The summed E-state index contributed by atoms with van der Waals surface area (Å²) in [7, 11) is 4.46. The van der Waals surface area contributed by atoms with Crippen LogP contribution in [0.2, 0.25) is 0 Å². The normalized spacial score (nSPS) is 19.6. The summed E-state index contributed by atoms with van der Waals surface area (Å²) in [5.74, 6) is -4.42. The molecule has 2 heterocycles. The molecule has 0 spiro atoms. The predicted molar refractivity (Wildman–Crippen MR) is 141 cm³/mol. The average Bonchev–Trinajstić information content (AvgIpc) is 3.20. The maximum Gasteiger partial charge on any atom is 0.336 e. The highest BCUT2D eigenvalue weighted by Crippen LogP contribution is 2.46. The number of aliphatic hydroxyl groups is 1. The van der Waals surface area contributed by atoms with Crippen molar-refractivity contribution in [1.29, 1.82) is 0 Å². The lowest BCUT2D eigenvalue weighted by atomic mass is 9.71. The minimum atomic E-state index is -2.74. The lowest BCUT2D eigenvalue weighted by Gasteiger charge is -2.45. The second-order valence-electron chi connectivity index (χ2n) is 10.1. The summed E-state index contributed by atoms with van der Waals surface area (Å²) < 4.78 is 0. The van der Waals surface area contributed by atoms with Crippen molar-refractivity contribution in [2.45, 2.75) is 62.5 Å². The zero-order valence-electron chi connectivity index (χ0n) is 21.8. The summed E-state index contributed by atoms with van der Waals surface area (Å²) in [4.78, 5) is 41.0. The number of aromatic amines is 1. The Hall–Kier alpha value is -3.76. The van der Waals surface area contributed by atoms with Gasteiger partial charge in [0.05, 0.1) is 12.8 Å². The van der Waals surface area contributed by atoms with E-state index in [1.165, 1.54) is 47.9 Å². The van der Waals surface area contributed by atoms with Gasteiger partial charge in [-0.2, -0.15) is 0 Å².